The maximum atomic E-state index is 14.6. The van der Waals surface area contributed by atoms with Crippen molar-refractivity contribution in [3.05, 3.63) is 29.3 Å². The smallest absolute Gasteiger partial charge is 0.288 e. The van der Waals surface area contributed by atoms with E-state index < -0.39 is 12.7 Å². The molecule has 1 fully saturated rings. The van der Waals surface area contributed by atoms with E-state index in [0.717, 1.165) is 36.2 Å². The maximum absolute atomic E-state index is 14.6. The number of alkyl halides is 3. The highest BCUT2D eigenvalue weighted by molar-refractivity contribution is 7.14. The molecule has 0 spiro atoms. The molecule has 3 aromatic rings. The number of hydrogen-bond donors (Lipinski definition) is 2. The largest absolute Gasteiger partial charge is 0.382 e. The third-order valence-electron chi connectivity index (χ3n) is 5.28. The Hall–Kier alpha value is -1.88. The van der Waals surface area contributed by atoms with Crippen LogP contribution >= 0.6 is 23.7 Å². The molecule has 0 saturated carbocycles. The molecule has 11 heteroatoms. The molecule has 1 atom stereocenters. The number of fused-ring (bicyclic) bond motifs is 1. The topological polar surface area (TPSA) is 72.0 Å². The average Bonchev–Trinajstić information content (AvgIpc) is 3.34. The number of rotatable bonds is 6. The van der Waals surface area contributed by atoms with E-state index in [1.165, 1.54) is 11.3 Å². The predicted molar refractivity (Wildman–Crippen MR) is 116 cm³/mol. The molecule has 1 saturated heterocycles. The Morgan fingerprint density at radius 2 is 1.97 bits per heavy atom. The van der Waals surface area contributed by atoms with E-state index in [1.54, 1.807) is 18.2 Å². The summed E-state index contributed by atoms with van der Waals surface area (Å²) < 4.78 is 42.3. The van der Waals surface area contributed by atoms with Gasteiger partial charge in [0.1, 0.15) is 5.01 Å². The summed E-state index contributed by atoms with van der Waals surface area (Å²) in [6.45, 7) is 2.17. The van der Waals surface area contributed by atoms with Crippen LogP contribution in [0.3, 0.4) is 0 Å². The summed E-state index contributed by atoms with van der Waals surface area (Å²) in [5.74, 6) is 0. The highest BCUT2D eigenvalue weighted by Crippen LogP contribution is 2.38. The Labute approximate surface area is 182 Å². The van der Waals surface area contributed by atoms with Crippen molar-refractivity contribution in [3.63, 3.8) is 0 Å². The summed E-state index contributed by atoms with van der Waals surface area (Å²) in [7, 11) is 2.09. The number of likely N-dealkylation sites (tertiary alicyclic amines) is 1. The highest BCUT2D eigenvalue weighted by Gasteiger charge is 2.28. The molecule has 4 rings (SSSR count). The third-order valence-corrected chi connectivity index (χ3v) is 6.24. The Bertz CT molecular complexity index is 986. The molecule has 30 heavy (non-hydrogen) atoms. The number of benzene rings is 1. The van der Waals surface area contributed by atoms with E-state index in [-0.39, 0.29) is 30.7 Å². The summed E-state index contributed by atoms with van der Waals surface area (Å²) in [6.07, 6.45) is -3.66. The summed E-state index contributed by atoms with van der Waals surface area (Å²) in [5.41, 5.74) is 7.08. The van der Waals surface area contributed by atoms with Crippen LogP contribution in [0.2, 0.25) is 0 Å². The van der Waals surface area contributed by atoms with Crippen molar-refractivity contribution < 1.29 is 13.2 Å². The number of hydrogen-bond acceptors (Lipinski definition) is 6. The van der Waals surface area contributed by atoms with Gasteiger partial charge in [0.2, 0.25) is 6.30 Å². The Morgan fingerprint density at radius 1 is 1.23 bits per heavy atom. The standard InChI is InChI=1S/C19H23F3N6S.ClH/c1-27-7-5-11(6-8-27)24-13-3-2-4-14-12(13)9-15(28(14)18(22)17(20)21)19-26-25-16(10-23)29-19;/h2-4,9,11,17-18,24H,5-8,10,23H2,1H3;1H. The minimum atomic E-state index is -3.16. The number of anilines is 1. The molecule has 1 aliphatic heterocycles. The van der Waals surface area contributed by atoms with E-state index in [9.17, 15) is 13.2 Å². The molecule has 1 unspecified atom stereocenters. The predicted octanol–water partition coefficient (Wildman–Crippen LogP) is 4.28. The lowest BCUT2D eigenvalue weighted by molar-refractivity contribution is 0.0115. The van der Waals surface area contributed by atoms with Crippen molar-refractivity contribution >= 4 is 40.3 Å². The second kappa shape index (κ2) is 9.51. The van der Waals surface area contributed by atoms with Crippen LogP contribution in [0.25, 0.3) is 21.6 Å². The second-order valence-corrected chi connectivity index (χ2v) is 8.33. The van der Waals surface area contributed by atoms with Crippen LogP contribution in [0.1, 0.15) is 24.1 Å². The Kier molecular flexibility index (Phi) is 7.22. The summed E-state index contributed by atoms with van der Waals surface area (Å²) >= 11 is 1.18. The van der Waals surface area contributed by atoms with Gasteiger partial charge in [-0.1, -0.05) is 17.4 Å². The second-order valence-electron chi connectivity index (χ2n) is 7.27. The van der Waals surface area contributed by atoms with Crippen LogP contribution in [0.15, 0.2) is 24.3 Å². The zero-order valence-electron chi connectivity index (χ0n) is 16.4. The minimum Gasteiger partial charge on any atom is -0.382 e. The van der Waals surface area contributed by atoms with Crippen LogP contribution < -0.4 is 11.1 Å². The fourth-order valence-corrected chi connectivity index (χ4v) is 4.46. The average molecular weight is 461 g/mol. The van der Waals surface area contributed by atoms with Crippen LogP contribution in [0, 0.1) is 0 Å². The fourth-order valence-electron chi connectivity index (χ4n) is 3.73. The Balaban J connectivity index is 0.00000256. The summed E-state index contributed by atoms with van der Waals surface area (Å²) in [6, 6.07) is 7.30. The number of nitrogens with one attached hydrogen (secondary N) is 1. The van der Waals surface area contributed by atoms with Gasteiger partial charge in [0.15, 0.2) is 5.01 Å². The van der Waals surface area contributed by atoms with E-state index in [2.05, 4.69) is 27.5 Å². The van der Waals surface area contributed by atoms with Crippen molar-refractivity contribution in [1.29, 1.82) is 0 Å². The molecule has 3 heterocycles. The first kappa shape index (κ1) is 22.8. The van der Waals surface area contributed by atoms with Gasteiger partial charge < -0.3 is 20.5 Å². The number of aromatic nitrogens is 3. The van der Waals surface area contributed by atoms with Crippen LogP contribution in [-0.2, 0) is 6.54 Å². The number of piperidine rings is 1. The Morgan fingerprint density at radius 3 is 2.60 bits per heavy atom. The number of nitrogens with zero attached hydrogens (tertiary/aromatic N) is 4. The van der Waals surface area contributed by atoms with E-state index in [0.29, 0.717) is 20.9 Å². The van der Waals surface area contributed by atoms with E-state index >= 15 is 0 Å². The lowest BCUT2D eigenvalue weighted by atomic mass is 10.0. The lowest BCUT2D eigenvalue weighted by Gasteiger charge is -2.30. The molecule has 164 valence electrons. The molecule has 0 aliphatic carbocycles. The summed E-state index contributed by atoms with van der Waals surface area (Å²) in [4.78, 5) is 2.27. The summed E-state index contributed by atoms with van der Waals surface area (Å²) in [5, 5.41) is 13.1. The van der Waals surface area contributed by atoms with Gasteiger partial charge in [-0.15, -0.1) is 22.6 Å². The zero-order chi connectivity index (χ0) is 20.5. The normalized spacial score (nSPS) is 16.7. The monoisotopic (exact) mass is 460 g/mol. The number of halogens is 4. The van der Waals surface area contributed by atoms with Crippen LogP contribution in [-0.4, -0.2) is 52.3 Å². The van der Waals surface area contributed by atoms with Crippen molar-refractivity contribution in [2.24, 2.45) is 5.73 Å². The molecular formula is C19H24ClF3N6S. The molecule has 2 aromatic heterocycles. The molecule has 0 amide bonds. The van der Waals surface area contributed by atoms with Crippen LogP contribution in [0.5, 0.6) is 0 Å². The first-order valence-electron chi connectivity index (χ1n) is 9.52. The highest BCUT2D eigenvalue weighted by atomic mass is 35.5. The van der Waals surface area contributed by atoms with Gasteiger partial charge in [0, 0.05) is 23.7 Å². The molecule has 6 nitrogen and oxygen atoms in total. The SMILES string of the molecule is CN1CCC(Nc2cccc3c2cc(-c2nnc(CN)s2)n3C(F)C(F)F)CC1.Cl. The molecular weight excluding hydrogens is 437 g/mol. The van der Waals surface area contributed by atoms with E-state index in [4.69, 9.17) is 5.73 Å². The van der Waals surface area contributed by atoms with Crippen molar-refractivity contribution in [2.75, 3.05) is 25.5 Å². The molecule has 0 radical (unpaired) electrons. The van der Waals surface area contributed by atoms with Crippen molar-refractivity contribution in [2.45, 2.75) is 38.1 Å². The van der Waals surface area contributed by atoms with Crippen LogP contribution in [0.4, 0.5) is 18.9 Å². The quantitative estimate of drug-likeness (QED) is 0.574. The first-order chi connectivity index (χ1) is 14.0. The van der Waals surface area contributed by atoms with Crippen molar-refractivity contribution in [3.8, 4) is 10.7 Å². The molecule has 1 aromatic carbocycles. The first-order valence-corrected chi connectivity index (χ1v) is 10.3. The van der Waals surface area contributed by atoms with Gasteiger partial charge in [-0.2, -0.15) is 0 Å². The van der Waals surface area contributed by atoms with Crippen molar-refractivity contribution in [1.82, 2.24) is 19.7 Å². The fraction of sp³-hybridized carbons (Fsp3) is 0.474. The van der Waals surface area contributed by atoms with Gasteiger partial charge in [-0.3, -0.25) is 0 Å². The van der Waals surface area contributed by atoms with E-state index in [1.807, 2.05) is 6.07 Å². The van der Waals surface area contributed by atoms with Gasteiger partial charge in [-0.05, 0) is 51.2 Å². The number of nitrogens with two attached hydrogens (primary N) is 1. The van der Waals surface area contributed by atoms with Gasteiger partial charge in [0.05, 0.1) is 11.2 Å². The molecule has 1 aliphatic rings. The lowest BCUT2D eigenvalue weighted by Crippen LogP contribution is -2.36. The molecule has 0 bridgehead atoms. The maximum Gasteiger partial charge on any atom is 0.288 e. The van der Waals surface area contributed by atoms with Gasteiger partial charge >= 0.3 is 0 Å². The molecule has 3 N–H and O–H groups in total. The third kappa shape index (κ3) is 4.41. The van der Waals surface area contributed by atoms with Gasteiger partial charge in [0.25, 0.3) is 6.43 Å². The van der Waals surface area contributed by atoms with Gasteiger partial charge in [-0.25, -0.2) is 13.2 Å². The minimum absolute atomic E-state index is 0. The zero-order valence-corrected chi connectivity index (χ0v) is 18.0.